The van der Waals surface area contributed by atoms with E-state index in [0.717, 1.165) is 75.0 Å². The first-order valence-electron chi connectivity index (χ1n) is 17.7. The number of aromatic nitrogens is 3. The molecule has 5 heterocycles. The van der Waals surface area contributed by atoms with Crippen LogP contribution in [0.2, 0.25) is 0 Å². The molecule has 3 atom stereocenters. The molecule has 2 aliphatic heterocycles. The van der Waals surface area contributed by atoms with Gasteiger partial charge in [0.15, 0.2) is 0 Å². The van der Waals surface area contributed by atoms with Crippen LogP contribution in [-0.2, 0) is 17.8 Å². The zero-order chi connectivity index (χ0) is 34.7. The van der Waals surface area contributed by atoms with Gasteiger partial charge in [0, 0.05) is 53.8 Å². The van der Waals surface area contributed by atoms with E-state index in [-0.39, 0.29) is 23.1 Å². The SMILES string of the molecule is Cc1c(-c2cc3ccc(-c4ccc5c(c4)C(=O)NC5)cc3n2CC2CC2)nn2cc(C(=O)N3CC4CCC3(C(C)(C)C)[C@@H]4OC(N)=O)ccc12. The number of likely N-dealkylation sites (tertiary alicyclic amines) is 1. The summed E-state index contributed by atoms with van der Waals surface area (Å²) in [5.74, 6) is 0.587. The molecule has 2 aliphatic carbocycles. The summed E-state index contributed by atoms with van der Waals surface area (Å²) >= 11 is 0. The fourth-order valence-electron chi connectivity index (χ4n) is 9.23. The van der Waals surface area contributed by atoms with Gasteiger partial charge in [-0.3, -0.25) is 9.59 Å². The molecule has 2 saturated carbocycles. The minimum absolute atomic E-state index is 0.0165. The number of aryl methyl sites for hydroxylation is 1. The number of nitrogens with one attached hydrogen (secondary N) is 1. The maximum absolute atomic E-state index is 14.3. The van der Waals surface area contributed by atoms with Gasteiger partial charge in [-0.05, 0) is 91.0 Å². The number of primary amides is 1. The van der Waals surface area contributed by atoms with E-state index in [1.165, 1.54) is 12.8 Å². The lowest BCUT2D eigenvalue weighted by Crippen LogP contribution is -2.60. The lowest BCUT2D eigenvalue weighted by molar-refractivity contribution is -0.0359. The third-order valence-electron chi connectivity index (χ3n) is 12.0. The molecule has 3 amide bonds. The van der Waals surface area contributed by atoms with Gasteiger partial charge in [-0.1, -0.05) is 45.0 Å². The Hall–Kier alpha value is -5.12. The summed E-state index contributed by atoms with van der Waals surface area (Å²) in [5.41, 5.74) is 14.1. The average molecular weight is 671 g/mol. The second-order valence-electron chi connectivity index (χ2n) is 15.9. The van der Waals surface area contributed by atoms with Gasteiger partial charge < -0.3 is 25.3 Å². The van der Waals surface area contributed by atoms with E-state index in [2.05, 4.69) is 67.9 Å². The number of nitrogens with two attached hydrogens (primary N) is 1. The first-order chi connectivity index (χ1) is 23.9. The summed E-state index contributed by atoms with van der Waals surface area (Å²) in [6, 6.07) is 18.8. The number of ether oxygens (including phenoxy) is 1. The molecule has 5 aromatic rings. The van der Waals surface area contributed by atoms with Crippen molar-refractivity contribution in [2.24, 2.45) is 23.0 Å². The van der Waals surface area contributed by atoms with Crippen molar-refractivity contribution in [2.75, 3.05) is 6.54 Å². The standard InChI is InChI=1S/C40H42N6O4/c1-22-31-12-11-29(37(48)45-20-28-13-14-40(45,39(2,3)4)35(28)50-38(41)49)21-46(31)43-34(22)33-17-26-9-7-25(16-32(26)44(33)19-23-5-6-23)24-8-10-27-18-42-36(47)30(27)15-24/h7-12,15-17,21,23,28,35H,5-6,13-14,18-20H2,1-4H3,(H2,41,49)(H,42,47)/t28?,35-,40?/m1/s1. The topological polar surface area (TPSA) is 124 Å². The molecule has 0 radical (unpaired) electrons. The highest BCUT2D eigenvalue weighted by molar-refractivity contribution is 6.00. The lowest BCUT2D eigenvalue weighted by atomic mass is 9.70. The van der Waals surface area contributed by atoms with E-state index in [1.54, 1.807) is 0 Å². The van der Waals surface area contributed by atoms with E-state index < -0.39 is 17.7 Å². The van der Waals surface area contributed by atoms with E-state index in [0.29, 0.717) is 24.6 Å². The molecule has 2 bridgehead atoms. The van der Waals surface area contributed by atoms with Crippen LogP contribution >= 0.6 is 0 Å². The van der Waals surface area contributed by atoms with Crippen LogP contribution in [0.1, 0.15) is 78.3 Å². The zero-order valence-electron chi connectivity index (χ0n) is 29.0. The number of hydrogen-bond acceptors (Lipinski definition) is 5. The predicted octanol–water partition coefficient (Wildman–Crippen LogP) is 6.70. The molecular weight excluding hydrogens is 628 g/mol. The van der Waals surface area contributed by atoms with E-state index >= 15 is 0 Å². The quantitative estimate of drug-likeness (QED) is 0.208. The highest BCUT2D eigenvalue weighted by atomic mass is 16.6. The van der Waals surface area contributed by atoms with Crippen LogP contribution in [0.4, 0.5) is 4.79 Å². The third kappa shape index (κ3) is 4.53. The average Bonchev–Trinajstić information content (AvgIpc) is 3.30. The Morgan fingerprint density at radius 2 is 1.80 bits per heavy atom. The number of nitrogens with zero attached hydrogens (tertiary/aromatic N) is 4. The van der Waals surface area contributed by atoms with Crippen LogP contribution in [0.15, 0.2) is 60.8 Å². The fourth-order valence-corrected chi connectivity index (χ4v) is 9.23. The molecule has 1 saturated heterocycles. The van der Waals surface area contributed by atoms with Crippen molar-refractivity contribution in [3.63, 3.8) is 0 Å². The van der Waals surface area contributed by atoms with E-state index in [4.69, 9.17) is 15.6 Å². The number of fused-ring (bicyclic) bond motifs is 5. The number of benzene rings is 2. The number of hydrogen-bond donors (Lipinski definition) is 2. The van der Waals surface area contributed by atoms with Crippen molar-refractivity contribution in [1.29, 1.82) is 0 Å². The highest BCUT2D eigenvalue weighted by Gasteiger charge is 2.66. The molecule has 3 N–H and O–H groups in total. The van der Waals surface area contributed by atoms with Crippen molar-refractivity contribution >= 4 is 34.3 Å². The number of amides is 3. The van der Waals surface area contributed by atoms with Crippen molar-refractivity contribution in [1.82, 2.24) is 24.4 Å². The second-order valence-corrected chi connectivity index (χ2v) is 15.9. The predicted molar refractivity (Wildman–Crippen MR) is 191 cm³/mol. The third-order valence-corrected chi connectivity index (χ3v) is 12.0. The smallest absolute Gasteiger partial charge is 0.404 e. The molecule has 3 fully saturated rings. The molecule has 0 spiro atoms. The number of carbonyl (C=O) groups excluding carboxylic acids is 3. The van der Waals surface area contributed by atoms with Crippen LogP contribution in [0.3, 0.4) is 0 Å². The maximum atomic E-state index is 14.3. The first-order valence-corrected chi connectivity index (χ1v) is 17.7. The normalized spacial score (nSPS) is 22.8. The van der Waals surface area contributed by atoms with Crippen LogP contribution in [-0.4, -0.2) is 55.2 Å². The van der Waals surface area contributed by atoms with Crippen LogP contribution < -0.4 is 11.1 Å². The summed E-state index contributed by atoms with van der Waals surface area (Å²) in [6.45, 7) is 10.4. The van der Waals surface area contributed by atoms with Crippen molar-refractivity contribution in [2.45, 2.75) is 78.1 Å². The fraction of sp³-hybridized carbons (Fsp3) is 0.400. The van der Waals surface area contributed by atoms with Gasteiger partial charge in [-0.15, -0.1) is 0 Å². The summed E-state index contributed by atoms with van der Waals surface area (Å²) in [7, 11) is 0. The van der Waals surface area contributed by atoms with Gasteiger partial charge in [0.05, 0.1) is 22.3 Å². The van der Waals surface area contributed by atoms with Crippen LogP contribution in [0.25, 0.3) is 38.9 Å². The van der Waals surface area contributed by atoms with E-state index in [1.807, 2.05) is 39.9 Å². The molecule has 3 aromatic heterocycles. The molecule has 2 unspecified atom stereocenters. The Morgan fingerprint density at radius 1 is 1.02 bits per heavy atom. The number of carbonyl (C=O) groups is 3. The second kappa shape index (κ2) is 10.7. The number of rotatable bonds is 6. The Balaban J connectivity index is 1.10. The Bertz CT molecular complexity index is 2270. The highest BCUT2D eigenvalue weighted by Crippen LogP contribution is 2.57. The van der Waals surface area contributed by atoms with Gasteiger partial charge in [0.2, 0.25) is 0 Å². The van der Waals surface area contributed by atoms with Gasteiger partial charge in [-0.25, -0.2) is 9.31 Å². The molecule has 10 heteroatoms. The molecule has 4 aliphatic rings. The Kier molecular flexibility index (Phi) is 6.61. The monoisotopic (exact) mass is 670 g/mol. The minimum atomic E-state index is -0.793. The summed E-state index contributed by atoms with van der Waals surface area (Å²) in [6.07, 6.45) is 4.70. The Labute approximate surface area is 290 Å². The van der Waals surface area contributed by atoms with Crippen molar-refractivity contribution < 1.29 is 19.1 Å². The minimum Gasteiger partial charge on any atom is -0.443 e. The first kappa shape index (κ1) is 30.9. The van der Waals surface area contributed by atoms with Gasteiger partial charge in [0.25, 0.3) is 11.8 Å². The molecular formula is C40H42N6O4. The largest absolute Gasteiger partial charge is 0.443 e. The lowest BCUT2D eigenvalue weighted by Gasteiger charge is -2.49. The van der Waals surface area contributed by atoms with Crippen LogP contribution in [0.5, 0.6) is 0 Å². The molecule has 10 nitrogen and oxygen atoms in total. The molecule has 50 heavy (non-hydrogen) atoms. The van der Waals surface area contributed by atoms with Crippen molar-refractivity contribution in [3.8, 4) is 22.5 Å². The zero-order valence-corrected chi connectivity index (χ0v) is 29.0. The number of piperidine rings is 1. The molecule has 2 aromatic carbocycles. The summed E-state index contributed by atoms with van der Waals surface area (Å²) < 4.78 is 9.96. The van der Waals surface area contributed by atoms with Gasteiger partial charge >= 0.3 is 6.09 Å². The van der Waals surface area contributed by atoms with E-state index in [9.17, 15) is 14.4 Å². The van der Waals surface area contributed by atoms with Gasteiger partial charge in [0.1, 0.15) is 11.8 Å². The molecule has 256 valence electrons. The number of pyridine rings is 1. The summed E-state index contributed by atoms with van der Waals surface area (Å²) in [4.78, 5) is 40.6. The maximum Gasteiger partial charge on any atom is 0.404 e. The summed E-state index contributed by atoms with van der Waals surface area (Å²) in [5, 5.41) is 9.19. The molecule has 9 rings (SSSR count). The van der Waals surface area contributed by atoms with Gasteiger partial charge in [-0.2, -0.15) is 5.10 Å². The van der Waals surface area contributed by atoms with Crippen molar-refractivity contribution in [3.05, 3.63) is 83.0 Å². The Morgan fingerprint density at radius 3 is 2.56 bits per heavy atom. The van der Waals surface area contributed by atoms with Crippen LogP contribution in [0, 0.1) is 24.2 Å².